The number of furan rings is 1. The highest BCUT2D eigenvalue weighted by atomic mass is 16.5. The molecule has 2 aromatic carbocycles. The van der Waals surface area contributed by atoms with Crippen LogP contribution in [0.1, 0.15) is 28.8 Å². The third-order valence-corrected chi connectivity index (χ3v) is 4.25. The van der Waals surface area contributed by atoms with E-state index in [2.05, 4.69) is 11.4 Å². The van der Waals surface area contributed by atoms with Gasteiger partial charge in [0, 0.05) is 25.3 Å². The van der Waals surface area contributed by atoms with Crippen molar-refractivity contribution in [3.8, 4) is 11.8 Å². The number of carbonyl (C=O) groups is 2. The first-order valence-electron chi connectivity index (χ1n) is 8.84. The summed E-state index contributed by atoms with van der Waals surface area (Å²) in [6.45, 7) is 1.57. The smallest absolute Gasteiger partial charge is 0.291 e. The SMILES string of the molecule is CC(=O)N(C)c1ccc(NC(=O)c2ccc(COc3ccccc3C#N)o2)cc1. The molecular formula is C22H19N3O4. The first-order chi connectivity index (χ1) is 14.0. The van der Waals surface area contributed by atoms with Gasteiger partial charge >= 0.3 is 0 Å². The average molecular weight is 389 g/mol. The number of anilines is 2. The van der Waals surface area contributed by atoms with Crippen molar-refractivity contribution in [2.75, 3.05) is 17.3 Å². The maximum Gasteiger partial charge on any atom is 0.291 e. The highest BCUT2D eigenvalue weighted by Crippen LogP contribution is 2.20. The van der Waals surface area contributed by atoms with Crippen LogP contribution < -0.4 is 15.0 Å². The molecule has 0 saturated carbocycles. The Morgan fingerprint density at radius 1 is 1.10 bits per heavy atom. The lowest BCUT2D eigenvalue weighted by atomic mass is 10.2. The van der Waals surface area contributed by atoms with Gasteiger partial charge in [0.2, 0.25) is 5.91 Å². The fourth-order valence-corrected chi connectivity index (χ4v) is 2.55. The van der Waals surface area contributed by atoms with Crippen LogP contribution in [-0.4, -0.2) is 18.9 Å². The summed E-state index contributed by atoms with van der Waals surface area (Å²) < 4.78 is 11.1. The molecule has 0 aliphatic rings. The molecule has 2 amide bonds. The van der Waals surface area contributed by atoms with Crippen molar-refractivity contribution in [1.29, 1.82) is 5.26 Å². The first kappa shape index (κ1) is 19.7. The van der Waals surface area contributed by atoms with Crippen LogP contribution in [0.25, 0.3) is 0 Å². The lowest BCUT2D eigenvalue weighted by Crippen LogP contribution is -2.22. The quantitative estimate of drug-likeness (QED) is 0.688. The summed E-state index contributed by atoms with van der Waals surface area (Å²) in [7, 11) is 1.68. The second kappa shape index (κ2) is 8.76. The normalized spacial score (nSPS) is 10.1. The summed E-state index contributed by atoms with van der Waals surface area (Å²) in [6.07, 6.45) is 0. The molecule has 0 atom stereocenters. The van der Waals surface area contributed by atoms with Crippen LogP contribution in [0.3, 0.4) is 0 Å². The molecule has 7 heteroatoms. The third kappa shape index (κ3) is 4.82. The van der Waals surface area contributed by atoms with Crippen molar-refractivity contribution in [2.45, 2.75) is 13.5 Å². The van der Waals surface area contributed by atoms with Gasteiger partial charge in [-0.1, -0.05) is 12.1 Å². The van der Waals surface area contributed by atoms with Gasteiger partial charge in [-0.05, 0) is 48.5 Å². The van der Waals surface area contributed by atoms with Crippen LogP contribution in [-0.2, 0) is 11.4 Å². The number of nitrogens with one attached hydrogen (secondary N) is 1. The van der Waals surface area contributed by atoms with Crippen molar-refractivity contribution in [2.24, 2.45) is 0 Å². The Kier molecular flexibility index (Phi) is 5.95. The van der Waals surface area contributed by atoms with E-state index in [0.717, 1.165) is 5.69 Å². The molecular weight excluding hydrogens is 370 g/mol. The number of para-hydroxylation sites is 1. The number of hydrogen-bond acceptors (Lipinski definition) is 5. The molecule has 0 bridgehead atoms. The Morgan fingerprint density at radius 3 is 2.52 bits per heavy atom. The molecule has 0 saturated heterocycles. The van der Waals surface area contributed by atoms with Gasteiger partial charge in [0.05, 0.1) is 5.56 Å². The van der Waals surface area contributed by atoms with Gasteiger partial charge in [-0.3, -0.25) is 9.59 Å². The van der Waals surface area contributed by atoms with Crippen molar-refractivity contribution < 1.29 is 18.7 Å². The number of rotatable bonds is 6. The first-order valence-corrected chi connectivity index (χ1v) is 8.84. The standard InChI is InChI=1S/C22H19N3O4/c1-15(26)25(2)18-9-7-17(8-10-18)24-22(27)21-12-11-19(29-21)14-28-20-6-4-3-5-16(20)13-23/h3-12H,14H2,1-2H3,(H,24,27). The molecule has 1 heterocycles. The number of amides is 2. The zero-order valence-corrected chi connectivity index (χ0v) is 16.0. The fraction of sp³-hybridized carbons (Fsp3) is 0.136. The lowest BCUT2D eigenvalue weighted by molar-refractivity contribution is -0.116. The number of nitrogens with zero attached hydrogens (tertiary/aromatic N) is 2. The molecule has 29 heavy (non-hydrogen) atoms. The van der Waals surface area contributed by atoms with E-state index >= 15 is 0 Å². The topological polar surface area (TPSA) is 95.6 Å². The molecule has 3 aromatic rings. The zero-order chi connectivity index (χ0) is 20.8. The van der Waals surface area contributed by atoms with Gasteiger partial charge in [-0.15, -0.1) is 0 Å². The molecule has 0 aliphatic carbocycles. The Bertz CT molecular complexity index is 1060. The van der Waals surface area contributed by atoms with Gasteiger partial charge in [-0.2, -0.15) is 5.26 Å². The maximum atomic E-state index is 12.4. The highest BCUT2D eigenvalue weighted by molar-refractivity contribution is 6.02. The average Bonchev–Trinajstić information content (AvgIpc) is 3.21. The minimum atomic E-state index is -0.402. The summed E-state index contributed by atoms with van der Waals surface area (Å²) in [4.78, 5) is 25.3. The summed E-state index contributed by atoms with van der Waals surface area (Å²) in [6, 6.07) is 19.0. The maximum absolute atomic E-state index is 12.4. The lowest BCUT2D eigenvalue weighted by Gasteiger charge is -2.15. The Hall–Kier alpha value is -4.05. The van der Waals surface area contributed by atoms with Crippen LogP contribution in [0.4, 0.5) is 11.4 Å². The molecule has 0 unspecified atom stereocenters. The van der Waals surface area contributed by atoms with E-state index in [9.17, 15) is 9.59 Å². The highest BCUT2D eigenvalue weighted by Gasteiger charge is 2.13. The molecule has 7 nitrogen and oxygen atoms in total. The summed E-state index contributed by atoms with van der Waals surface area (Å²) in [5.74, 6) is 0.572. The monoisotopic (exact) mass is 389 g/mol. The Balaban J connectivity index is 1.61. The van der Waals surface area contributed by atoms with Crippen LogP contribution in [0.5, 0.6) is 5.75 Å². The van der Waals surface area contributed by atoms with Gasteiger partial charge in [0.25, 0.3) is 5.91 Å². The zero-order valence-electron chi connectivity index (χ0n) is 16.0. The van der Waals surface area contributed by atoms with E-state index in [-0.39, 0.29) is 18.3 Å². The van der Waals surface area contributed by atoms with Crippen LogP contribution in [0.15, 0.2) is 65.1 Å². The van der Waals surface area contributed by atoms with Crippen molar-refractivity contribution >= 4 is 23.2 Å². The fourth-order valence-electron chi connectivity index (χ4n) is 2.55. The van der Waals surface area contributed by atoms with E-state index in [1.807, 2.05) is 0 Å². The van der Waals surface area contributed by atoms with Gasteiger partial charge < -0.3 is 19.4 Å². The van der Waals surface area contributed by atoms with E-state index in [1.165, 1.54) is 11.8 Å². The van der Waals surface area contributed by atoms with Gasteiger partial charge in [-0.25, -0.2) is 0 Å². The second-order valence-corrected chi connectivity index (χ2v) is 6.24. The number of carbonyl (C=O) groups excluding carboxylic acids is 2. The van der Waals surface area contributed by atoms with E-state index < -0.39 is 5.91 Å². The largest absolute Gasteiger partial charge is 0.484 e. The molecule has 0 fully saturated rings. The summed E-state index contributed by atoms with van der Waals surface area (Å²) in [5.41, 5.74) is 1.73. The number of ether oxygens (including phenoxy) is 1. The van der Waals surface area contributed by atoms with Gasteiger partial charge in [0.15, 0.2) is 5.76 Å². The van der Waals surface area contributed by atoms with Crippen molar-refractivity contribution in [1.82, 2.24) is 0 Å². The van der Waals surface area contributed by atoms with E-state index in [1.54, 1.807) is 67.7 Å². The molecule has 1 N–H and O–H groups in total. The molecule has 146 valence electrons. The van der Waals surface area contributed by atoms with Crippen LogP contribution >= 0.6 is 0 Å². The number of benzene rings is 2. The van der Waals surface area contributed by atoms with Crippen molar-refractivity contribution in [3.05, 3.63) is 77.7 Å². The van der Waals surface area contributed by atoms with Crippen LogP contribution in [0, 0.1) is 11.3 Å². The number of nitriles is 1. The predicted octanol–water partition coefficient (Wildman–Crippen LogP) is 3.97. The van der Waals surface area contributed by atoms with Crippen LogP contribution in [0.2, 0.25) is 0 Å². The number of hydrogen-bond donors (Lipinski definition) is 1. The molecule has 0 aliphatic heterocycles. The van der Waals surface area contributed by atoms with Gasteiger partial charge in [0.1, 0.15) is 24.2 Å². The molecule has 0 radical (unpaired) electrons. The summed E-state index contributed by atoms with van der Waals surface area (Å²) in [5, 5.41) is 11.8. The predicted molar refractivity (Wildman–Crippen MR) is 108 cm³/mol. The van der Waals surface area contributed by atoms with Crippen molar-refractivity contribution in [3.63, 3.8) is 0 Å². The minimum Gasteiger partial charge on any atom is -0.484 e. The van der Waals surface area contributed by atoms with E-state index in [4.69, 9.17) is 14.4 Å². The minimum absolute atomic E-state index is 0.0792. The van der Waals surface area contributed by atoms with E-state index in [0.29, 0.717) is 22.8 Å². The molecule has 0 spiro atoms. The second-order valence-electron chi connectivity index (χ2n) is 6.24. The molecule has 1 aromatic heterocycles. The molecule has 3 rings (SSSR count). The Morgan fingerprint density at radius 2 is 1.83 bits per heavy atom. The third-order valence-electron chi connectivity index (χ3n) is 4.25. The summed E-state index contributed by atoms with van der Waals surface area (Å²) >= 11 is 0. The Labute approximate surface area is 168 Å².